The standard InChI is InChI=1S/C28H22Cl2F3N3O5S2/c1-18-4-2-3-5-26(18)36(43(40,41)23-11-6-19(29)7-12-23)17-27(37)34-20-8-13-22(14-9-20)42(38,39)35-21-10-15-25(30)24(16-21)28(31,32)33/h2-16,35H,17H2,1H3,(H,34,37). The molecular formula is C28H22Cl2F3N3O5S2. The molecule has 0 bridgehead atoms. The molecule has 4 aromatic rings. The van der Waals surface area contributed by atoms with Crippen LogP contribution in [0.1, 0.15) is 11.1 Å². The number of nitrogens with zero attached hydrogens (tertiary/aromatic N) is 1. The number of benzene rings is 4. The SMILES string of the molecule is Cc1ccccc1N(CC(=O)Nc1ccc(S(=O)(=O)Nc2ccc(Cl)c(C(F)(F)F)c2)cc1)S(=O)(=O)c1ccc(Cl)cc1. The molecule has 1 amide bonds. The van der Waals surface area contributed by atoms with Gasteiger partial charge in [0, 0.05) is 16.4 Å². The number of hydrogen-bond donors (Lipinski definition) is 2. The third-order valence-corrected chi connectivity index (χ3v) is 9.80. The van der Waals surface area contributed by atoms with Crippen LogP contribution >= 0.6 is 23.2 Å². The number of hydrogen-bond acceptors (Lipinski definition) is 5. The van der Waals surface area contributed by atoms with Crippen LogP contribution in [0, 0.1) is 6.92 Å². The van der Waals surface area contributed by atoms with Gasteiger partial charge in [0.2, 0.25) is 5.91 Å². The van der Waals surface area contributed by atoms with E-state index in [4.69, 9.17) is 23.2 Å². The van der Waals surface area contributed by atoms with Crippen molar-refractivity contribution in [2.45, 2.75) is 22.9 Å². The zero-order valence-electron chi connectivity index (χ0n) is 22.1. The van der Waals surface area contributed by atoms with Gasteiger partial charge >= 0.3 is 6.18 Å². The van der Waals surface area contributed by atoms with Crippen molar-refractivity contribution in [1.82, 2.24) is 0 Å². The van der Waals surface area contributed by atoms with Crippen molar-refractivity contribution < 1.29 is 34.8 Å². The highest BCUT2D eigenvalue weighted by molar-refractivity contribution is 7.93. The van der Waals surface area contributed by atoms with E-state index in [1.807, 2.05) is 0 Å². The number of halogens is 5. The first kappa shape index (κ1) is 32.1. The summed E-state index contributed by atoms with van der Waals surface area (Å²) in [6, 6.07) is 19.4. The molecule has 0 saturated carbocycles. The average molecular weight is 673 g/mol. The van der Waals surface area contributed by atoms with Gasteiger partial charge in [-0.25, -0.2) is 16.8 Å². The molecule has 0 heterocycles. The zero-order chi connectivity index (χ0) is 31.6. The Bertz CT molecular complexity index is 1870. The van der Waals surface area contributed by atoms with E-state index in [9.17, 15) is 34.8 Å². The molecule has 0 aromatic heterocycles. The van der Waals surface area contributed by atoms with Gasteiger partial charge in [-0.3, -0.25) is 13.8 Å². The Morgan fingerprint density at radius 1 is 0.814 bits per heavy atom. The molecule has 226 valence electrons. The van der Waals surface area contributed by atoms with E-state index >= 15 is 0 Å². The fraction of sp³-hybridized carbons (Fsp3) is 0.107. The molecule has 0 atom stereocenters. The Morgan fingerprint density at radius 3 is 2.00 bits per heavy atom. The van der Waals surface area contributed by atoms with Crippen LogP contribution in [0.3, 0.4) is 0 Å². The Morgan fingerprint density at radius 2 is 1.40 bits per heavy atom. The second-order valence-electron chi connectivity index (χ2n) is 9.12. The summed E-state index contributed by atoms with van der Waals surface area (Å²) in [5.74, 6) is -0.727. The first-order valence-corrected chi connectivity index (χ1v) is 15.9. The van der Waals surface area contributed by atoms with Crippen LogP contribution in [0.15, 0.2) is 101 Å². The number of sulfonamides is 2. The van der Waals surface area contributed by atoms with Crippen LogP contribution in [0.2, 0.25) is 10.0 Å². The predicted molar refractivity (Wildman–Crippen MR) is 159 cm³/mol. The molecule has 0 unspecified atom stereocenters. The third kappa shape index (κ3) is 7.60. The first-order valence-electron chi connectivity index (χ1n) is 12.2. The number of alkyl halides is 3. The van der Waals surface area contributed by atoms with Crippen molar-refractivity contribution in [3.63, 3.8) is 0 Å². The number of aryl methyl sites for hydroxylation is 1. The average Bonchev–Trinajstić information content (AvgIpc) is 2.93. The van der Waals surface area contributed by atoms with Crippen LogP contribution in [0.5, 0.6) is 0 Å². The largest absolute Gasteiger partial charge is 0.417 e. The van der Waals surface area contributed by atoms with Crippen molar-refractivity contribution in [2.75, 3.05) is 20.9 Å². The highest BCUT2D eigenvalue weighted by Crippen LogP contribution is 2.36. The lowest BCUT2D eigenvalue weighted by Gasteiger charge is -2.25. The molecule has 0 aliphatic rings. The van der Waals surface area contributed by atoms with Crippen LogP contribution in [0.25, 0.3) is 0 Å². The van der Waals surface area contributed by atoms with Crippen molar-refractivity contribution in [3.05, 3.63) is 112 Å². The minimum Gasteiger partial charge on any atom is -0.325 e. The number of nitrogens with one attached hydrogen (secondary N) is 2. The number of carbonyl (C=O) groups is 1. The zero-order valence-corrected chi connectivity index (χ0v) is 25.2. The van der Waals surface area contributed by atoms with E-state index in [-0.39, 0.29) is 26.9 Å². The molecule has 0 aliphatic carbocycles. The summed E-state index contributed by atoms with van der Waals surface area (Å²) < 4.78 is 95.1. The second kappa shape index (κ2) is 12.4. The smallest absolute Gasteiger partial charge is 0.325 e. The van der Waals surface area contributed by atoms with Crippen molar-refractivity contribution in [2.24, 2.45) is 0 Å². The van der Waals surface area contributed by atoms with Gasteiger partial charge in [-0.15, -0.1) is 0 Å². The van der Waals surface area contributed by atoms with E-state index in [2.05, 4.69) is 10.0 Å². The minimum absolute atomic E-state index is 0.0851. The van der Waals surface area contributed by atoms with Gasteiger partial charge in [-0.05, 0) is 85.3 Å². The van der Waals surface area contributed by atoms with Crippen molar-refractivity contribution >= 4 is 66.2 Å². The second-order valence-corrected chi connectivity index (χ2v) is 13.5. The third-order valence-electron chi connectivity index (χ3n) is 6.05. The van der Waals surface area contributed by atoms with Crippen LogP contribution < -0.4 is 14.3 Å². The molecule has 43 heavy (non-hydrogen) atoms. The highest BCUT2D eigenvalue weighted by atomic mass is 35.5. The Balaban J connectivity index is 1.53. The minimum atomic E-state index is -4.79. The summed E-state index contributed by atoms with van der Waals surface area (Å²) in [5.41, 5.74) is -0.546. The maximum Gasteiger partial charge on any atom is 0.417 e. The fourth-order valence-corrected chi connectivity index (χ4v) is 6.83. The molecule has 0 radical (unpaired) electrons. The van der Waals surface area contributed by atoms with Gasteiger partial charge in [0.25, 0.3) is 20.0 Å². The molecule has 2 N–H and O–H groups in total. The molecule has 0 aliphatic heterocycles. The molecule has 0 saturated heterocycles. The van der Waals surface area contributed by atoms with Crippen LogP contribution in [-0.2, 0) is 31.0 Å². The highest BCUT2D eigenvalue weighted by Gasteiger charge is 2.34. The van der Waals surface area contributed by atoms with Gasteiger partial charge < -0.3 is 5.32 Å². The van der Waals surface area contributed by atoms with Gasteiger partial charge in [0.1, 0.15) is 6.54 Å². The van der Waals surface area contributed by atoms with Crippen molar-refractivity contribution in [1.29, 1.82) is 0 Å². The maximum atomic E-state index is 13.5. The Labute approximate surface area is 256 Å². The van der Waals surface area contributed by atoms with Crippen LogP contribution in [0.4, 0.5) is 30.2 Å². The molecule has 0 spiro atoms. The van der Waals surface area contributed by atoms with E-state index in [1.54, 1.807) is 31.2 Å². The summed E-state index contributed by atoms with van der Waals surface area (Å²) in [6.45, 7) is 1.08. The normalized spacial score (nSPS) is 12.0. The number of anilines is 3. The molecule has 4 aromatic carbocycles. The molecule has 15 heteroatoms. The van der Waals surface area contributed by atoms with Gasteiger partial charge in [0.15, 0.2) is 0 Å². The summed E-state index contributed by atoms with van der Waals surface area (Å²) in [7, 11) is -8.52. The van der Waals surface area contributed by atoms with Gasteiger partial charge in [-0.2, -0.15) is 13.2 Å². The number of para-hydroxylation sites is 1. The van der Waals surface area contributed by atoms with E-state index in [0.29, 0.717) is 16.7 Å². The Kier molecular flexibility index (Phi) is 9.30. The van der Waals surface area contributed by atoms with E-state index in [0.717, 1.165) is 28.6 Å². The lowest BCUT2D eigenvalue weighted by atomic mass is 10.2. The summed E-state index contributed by atoms with van der Waals surface area (Å²) in [4.78, 5) is 12.6. The lowest BCUT2D eigenvalue weighted by molar-refractivity contribution is -0.137. The van der Waals surface area contributed by atoms with Crippen molar-refractivity contribution in [3.8, 4) is 0 Å². The fourth-order valence-electron chi connectivity index (χ4n) is 3.95. The molecule has 4 rings (SSSR count). The van der Waals surface area contributed by atoms with Gasteiger partial charge in [-0.1, -0.05) is 41.4 Å². The van der Waals surface area contributed by atoms with E-state index in [1.165, 1.54) is 36.4 Å². The first-order chi connectivity index (χ1) is 20.1. The quantitative estimate of drug-likeness (QED) is 0.200. The summed E-state index contributed by atoms with van der Waals surface area (Å²) in [6.07, 6.45) is -4.79. The molecule has 0 fully saturated rings. The molecular weight excluding hydrogens is 650 g/mol. The lowest BCUT2D eigenvalue weighted by Crippen LogP contribution is -2.38. The summed E-state index contributed by atoms with van der Waals surface area (Å²) >= 11 is 11.5. The predicted octanol–water partition coefficient (Wildman–Crippen LogP) is 6.96. The van der Waals surface area contributed by atoms with Gasteiger partial charge in [0.05, 0.1) is 26.1 Å². The van der Waals surface area contributed by atoms with E-state index < -0.39 is 49.3 Å². The molecule has 8 nitrogen and oxygen atoms in total. The maximum absolute atomic E-state index is 13.5. The topological polar surface area (TPSA) is 113 Å². The Hall–Kier alpha value is -3.78. The number of carbonyl (C=O) groups excluding carboxylic acids is 1. The number of rotatable bonds is 9. The monoisotopic (exact) mass is 671 g/mol. The summed E-state index contributed by atoms with van der Waals surface area (Å²) in [5, 5.41) is 2.28. The number of amides is 1. The van der Waals surface area contributed by atoms with Crippen LogP contribution in [-0.4, -0.2) is 29.3 Å².